The number of fused-ring (bicyclic) bond motifs is 1. The first-order chi connectivity index (χ1) is 8.34. The van der Waals surface area contributed by atoms with Gasteiger partial charge in [0.05, 0.1) is 22.5 Å². The molecule has 0 aliphatic heterocycles. The molecule has 0 unspecified atom stereocenters. The smallest absolute Gasteiger partial charge is 0.317 e. The van der Waals surface area contributed by atoms with Crippen molar-refractivity contribution >= 4 is 22.6 Å². The summed E-state index contributed by atoms with van der Waals surface area (Å²) in [6.07, 6.45) is -4.36. The molecule has 0 atom stereocenters. The highest BCUT2D eigenvalue weighted by atomic mass is 35.5. The number of benzene rings is 1. The minimum atomic E-state index is -4.36. The molecule has 3 nitrogen and oxygen atoms in total. The van der Waals surface area contributed by atoms with Crippen LogP contribution in [-0.4, -0.2) is 23.8 Å². The van der Waals surface area contributed by atoms with E-state index >= 15 is 0 Å². The highest BCUT2D eigenvalue weighted by Gasteiger charge is 2.31. The van der Waals surface area contributed by atoms with E-state index in [9.17, 15) is 13.2 Å². The van der Waals surface area contributed by atoms with E-state index in [2.05, 4.69) is 4.98 Å². The average molecular weight is 278 g/mol. The Morgan fingerprint density at radius 1 is 1.33 bits per heavy atom. The van der Waals surface area contributed by atoms with Crippen molar-refractivity contribution < 1.29 is 13.2 Å². The number of rotatable bonds is 2. The van der Waals surface area contributed by atoms with Crippen LogP contribution in [0.5, 0.6) is 0 Å². The second-order valence-electron chi connectivity index (χ2n) is 4.02. The lowest BCUT2D eigenvalue weighted by atomic mass is 10.2. The molecule has 0 saturated carbocycles. The second kappa shape index (κ2) is 4.35. The molecular formula is C11H11ClF3N3. The fraction of sp³-hybridized carbons (Fsp3) is 0.364. The largest absolute Gasteiger partial charge is 0.416 e. The normalized spacial score (nSPS) is 12.1. The number of halogens is 4. The third-order valence-corrected chi connectivity index (χ3v) is 2.78. The number of aromatic nitrogens is 2. The second-order valence-corrected chi connectivity index (χ2v) is 4.29. The molecular weight excluding hydrogens is 267 g/mol. The van der Waals surface area contributed by atoms with E-state index in [1.165, 1.54) is 6.07 Å². The molecule has 1 aromatic carbocycles. The molecule has 1 heterocycles. The van der Waals surface area contributed by atoms with Crippen LogP contribution >= 0.6 is 11.6 Å². The summed E-state index contributed by atoms with van der Waals surface area (Å²) in [6.45, 7) is 0. The lowest BCUT2D eigenvalue weighted by Crippen LogP contribution is -2.26. The molecule has 98 valence electrons. The van der Waals surface area contributed by atoms with Gasteiger partial charge >= 0.3 is 6.18 Å². The van der Waals surface area contributed by atoms with Gasteiger partial charge in [-0.15, -0.1) is 11.6 Å². The molecule has 0 N–H and O–H groups in total. The highest BCUT2D eigenvalue weighted by Crippen LogP contribution is 2.31. The van der Waals surface area contributed by atoms with E-state index in [-0.39, 0.29) is 11.4 Å². The van der Waals surface area contributed by atoms with Crippen molar-refractivity contribution in [3.63, 3.8) is 0 Å². The summed E-state index contributed by atoms with van der Waals surface area (Å²) >= 11 is 5.75. The Morgan fingerprint density at radius 2 is 2.00 bits per heavy atom. The van der Waals surface area contributed by atoms with Gasteiger partial charge in [0, 0.05) is 14.1 Å². The number of hydrogen-bond donors (Lipinski definition) is 0. The van der Waals surface area contributed by atoms with Gasteiger partial charge in [-0.05, 0) is 18.2 Å². The van der Waals surface area contributed by atoms with Crippen LogP contribution in [-0.2, 0) is 12.1 Å². The Morgan fingerprint density at radius 3 is 2.50 bits per heavy atom. The van der Waals surface area contributed by atoms with Gasteiger partial charge in [0.1, 0.15) is 5.82 Å². The molecule has 2 aromatic rings. The van der Waals surface area contributed by atoms with Gasteiger partial charge in [-0.25, -0.2) is 9.66 Å². The molecule has 18 heavy (non-hydrogen) atoms. The third-order valence-electron chi connectivity index (χ3n) is 2.54. The van der Waals surface area contributed by atoms with Gasteiger partial charge in [0.15, 0.2) is 0 Å². The minimum absolute atomic E-state index is 0.133. The van der Waals surface area contributed by atoms with Gasteiger partial charge < -0.3 is 5.01 Å². The molecule has 0 radical (unpaired) electrons. The van der Waals surface area contributed by atoms with E-state index < -0.39 is 11.7 Å². The van der Waals surface area contributed by atoms with Gasteiger partial charge in [-0.2, -0.15) is 13.2 Å². The van der Waals surface area contributed by atoms with E-state index in [0.29, 0.717) is 11.3 Å². The van der Waals surface area contributed by atoms with Crippen LogP contribution in [0.25, 0.3) is 11.0 Å². The summed E-state index contributed by atoms with van der Waals surface area (Å²) < 4.78 is 39.5. The summed E-state index contributed by atoms with van der Waals surface area (Å²) in [5.41, 5.74) is 0.178. The van der Waals surface area contributed by atoms with Crippen molar-refractivity contribution in [1.29, 1.82) is 0 Å². The summed E-state index contributed by atoms with van der Waals surface area (Å²) in [5, 5.41) is 1.72. The van der Waals surface area contributed by atoms with E-state index in [0.717, 1.165) is 12.1 Å². The zero-order valence-electron chi connectivity index (χ0n) is 9.79. The molecule has 0 aliphatic rings. The third kappa shape index (κ3) is 2.12. The predicted molar refractivity (Wildman–Crippen MR) is 64.4 cm³/mol. The van der Waals surface area contributed by atoms with Crippen LogP contribution in [0.3, 0.4) is 0 Å². The van der Waals surface area contributed by atoms with Crippen molar-refractivity contribution in [2.75, 3.05) is 19.1 Å². The first kappa shape index (κ1) is 13.0. The Hall–Kier alpha value is -1.43. The maximum atomic E-state index is 12.6. The zero-order valence-corrected chi connectivity index (χ0v) is 10.5. The molecule has 0 aliphatic carbocycles. The topological polar surface area (TPSA) is 21.1 Å². The van der Waals surface area contributed by atoms with E-state index in [4.69, 9.17) is 11.6 Å². The quantitative estimate of drug-likeness (QED) is 0.787. The van der Waals surface area contributed by atoms with Gasteiger partial charge in [-0.3, -0.25) is 0 Å². The van der Waals surface area contributed by atoms with Crippen LogP contribution in [0.4, 0.5) is 13.2 Å². The number of hydrogen-bond acceptors (Lipinski definition) is 2. The van der Waals surface area contributed by atoms with Crippen LogP contribution < -0.4 is 5.01 Å². The molecule has 0 saturated heterocycles. The molecule has 7 heteroatoms. The standard InChI is InChI=1S/C11H11ClF3N3/c1-17(2)18-9-4-3-7(11(13,14)15)5-8(9)16-10(18)6-12/h3-5H,6H2,1-2H3. The molecule has 2 rings (SSSR count). The molecule has 0 amide bonds. The number of alkyl halides is 4. The number of imidazole rings is 1. The van der Waals surface area contributed by atoms with Crippen molar-refractivity contribution in [2.24, 2.45) is 0 Å². The van der Waals surface area contributed by atoms with Crippen molar-refractivity contribution in [1.82, 2.24) is 9.66 Å². The van der Waals surface area contributed by atoms with E-state index in [1.54, 1.807) is 23.8 Å². The summed E-state index contributed by atoms with van der Waals surface area (Å²) in [6, 6.07) is 3.48. The molecule has 0 fully saturated rings. The highest BCUT2D eigenvalue weighted by molar-refractivity contribution is 6.16. The monoisotopic (exact) mass is 277 g/mol. The summed E-state index contributed by atoms with van der Waals surface area (Å²) in [5.74, 6) is 0.643. The van der Waals surface area contributed by atoms with Crippen LogP contribution in [0.15, 0.2) is 18.2 Å². The van der Waals surface area contributed by atoms with Gasteiger partial charge in [0.2, 0.25) is 0 Å². The lowest BCUT2D eigenvalue weighted by Gasteiger charge is -2.17. The zero-order chi connectivity index (χ0) is 13.5. The van der Waals surface area contributed by atoms with Crippen LogP contribution in [0.1, 0.15) is 11.4 Å². The fourth-order valence-corrected chi connectivity index (χ4v) is 2.00. The summed E-state index contributed by atoms with van der Waals surface area (Å²) in [7, 11) is 3.55. The Bertz CT molecular complexity index is 575. The Kier molecular flexibility index (Phi) is 3.14. The average Bonchev–Trinajstić information content (AvgIpc) is 2.64. The minimum Gasteiger partial charge on any atom is -0.317 e. The van der Waals surface area contributed by atoms with Crippen molar-refractivity contribution in [3.05, 3.63) is 29.6 Å². The maximum Gasteiger partial charge on any atom is 0.416 e. The fourth-order valence-electron chi connectivity index (χ4n) is 1.83. The van der Waals surface area contributed by atoms with Gasteiger partial charge in [0.25, 0.3) is 0 Å². The van der Waals surface area contributed by atoms with Crippen molar-refractivity contribution in [2.45, 2.75) is 12.1 Å². The Balaban J connectivity index is 2.67. The number of nitrogens with zero attached hydrogens (tertiary/aromatic N) is 3. The molecule has 0 spiro atoms. The first-order valence-electron chi connectivity index (χ1n) is 5.16. The van der Waals surface area contributed by atoms with Crippen LogP contribution in [0.2, 0.25) is 0 Å². The van der Waals surface area contributed by atoms with E-state index in [1.807, 2.05) is 0 Å². The maximum absolute atomic E-state index is 12.6. The SMILES string of the molecule is CN(C)n1c(CCl)nc2cc(C(F)(F)F)ccc21. The predicted octanol–water partition coefficient (Wildman–Crippen LogP) is 2.99. The Labute approximate surface area is 107 Å². The van der Waals surface area contributed by atoms with Gasteiger partial charge in [-0.1, -0.05) is 0 Å². The molecule has 1 aromatic heterocycles. The first-order valence-corrected chi connectivity index (χ1v) is 5.70. The van der Waals surface area contributed by atoms with Crippen LogP contribution in [0, 0.1) is 0 Å². The lowest BCUT2D eigenvalue weighted by molar-refractivity contribution is -0.137. The summed E-state index contributed by atoms with van der Waals surface area (Å²) in [4.78, 5) is 4.12. The van der Waals surface area contributed by atoms with Crippen molar-refractivity contribution in [3.8, 4) is 0 Å². The molecule has 0 bridgehead atoms.